The highest BCUT2D eigenvalue weighted by Gasteiger charge is 2.06. The van der Waals surface area contributed by atoms with Crippen molar-refractivity contribution in [2.45, 2.75) is 32.6 Å². The first kappa shape index (κ1) is 39.6. The fourth-order valence-electron chi connectivity index (χ4n) is 4.33. The van der Waals surface area contributed by atoms with Gasteiger partial charge >= 0.3 is 11.9 Å². The molecule has 0 radical (unpaired) electrons. The van der Waals surface area contributed by atoms with E-state index in [-0.39, 0.29) is 11.4 Å². The SMILES string of the molecule is C=CC(=O)OCCCCOc1ccc(N=Nc2ccc(N=Nc3ccc(N=Nc4ccc(OCCCCOC(=O)C=C)c(Cl)c4)cc3C)cc2)c(O)c1. The Morgan fingerprint density at radius 1 is 0.623 bits per heavy atom. The van der Waals surface area contributed by atoms with Crippen LogP contribution in [0.25, 0.3) is 0 Å². The zero-order valence-corrected chi connectivity index (χ0v) is 29.9. The van der Waals surface area contributed by atoms with Gasteiger partial charge < -0.3 is 24.1 Å². The van der Waals surface area contributed by atoms with Crippen molar-refractivity contribution < 1.29 is 33.6 Å². The van der Waals surface area contributed by atoms with Crippen LogP contribution in [-0.2, 0) is 19.1 Å². The van der Waals surface area contributed by atoms with Gasteiger partial charge in [-0.15, -0.1) is 5.11 Å². The monoisotopic (exact) mass is 738 g/mol. The number of hydrogen-bond donors (Lipinski definition) is 1. The minimum atomic E-state index is -0.451. The van der Waals surface area contributed by atoms with Crippen LogP contribution >= 0.6 is 11.6 Å². The number of halogens is 1. The number of unbranched alkanes of at least 4 members (excludes halogenated alkanes) is 2. The van der Waals surface area contributed by atoms with E-state index in [0.717, 1.165) is 17.7 Å². The van der Waals surface area contributed by atoms with Crippen LogP contribution in [-0.4, -0.2) is 43.5 Å². The van der Waals surface area contributed by atoms with Crippen LogP contribution in [0.3, 0.4) is 0 Å². The number of esters is 2. The number of ether oxygens (including phenoxy) is 4. The fourth-order valence-corrected chi connectivity index (χ4v) is 4.56. The minimum Gasteiger partial charge on any atom is -0.505 e. The number of carbonyl (C=O) groups excluding carboxylic acids is 2. The molecule has 274 valence electrons. The van der Waals surface area contributed by atoms with Crippen LogP contribution in [0.4, 0.5) is 34.1 Å². The van der Waals surface area contributed by atoms with E-state index < -0.39 is 11.9 Å². The average Bonchev–Trinajstić information content (AvgIpc) is 3.16. The lowest BCUT2D eigenvalue weighted by Crippen LogP contribution is -2.04. The predicted molar refractivity (Wildman–Crippen MR) is 201 cm³/mol. The lowest BCUT2D eigenvalue weighted by molar-refractivity contribution is -0.138. The Hall–Kier alpha value is -6.21. The number of aryl methyl sites for hydroxylation is 1. The molecule has 0 saturated carbocycles. The van der Waals surface area contributed by atoms with Crippen molar-refractivity contribution in [3.05, 3.63) is 115 Å². The van der Waals surface area contributed by atoms with Crippen molar-refractivity contribution in [2.75, 3.05) is 26.4 Å². The summed E-state index contributed by atoms with van der Waals surface area (Å²) in [7, 11) is 0. The van der Waals surface area contributed by atoms with Crippen molar-refractivity contribution in [1.29, 1.82) is 0 Å². The first-order valence-corrected chi connectivity index (χ1v) is 17.0. The molecule has 0 spiro atoms. The molecule has 0 amide bonds. The van der Waals surface area contributed by atoms with E-state index in [2.05, 4.69) is 43.8 Å². The molecule has 14 heteroatoms. The van der Waals surface area contributed by atoms with Crippen LogP contribution in [0.5, 0.6) is 17.2 Å². The molecule has 0 saturated heterocycles. The zero-order chi connectivity index (χ0) is 37.8. The van der Waals surface area contributed by atoms with Gasteiger partial charge in [0.05, 0.1) is 59.9 Å². The van der Waals surface area contributed by atoms with Gasteiger partial charge in [-0.05, 0) is 111 Å². The predicted octanol–water partition coefficient (Wildman–Crippen LogP) is 11.4. The molecular weight excluding hydrogens is 700 g/mol. The number of phenols is 1. The summed E-state index contributed by atoms with van der Waals surface area (Å²) in [6.07, 6.45) is 4.94. The first-order chi connectivity index (χ1) is 25.7. The lowest BCUT2D eigenvalue weighted by Gasteiger charge is -2.08. The fraction of sp³-hybridized carbons (Fsp3) is 0.231. The number of azo groups is 3. The highest BCUT2D eigenvalue weighted by Crippen LogP contribution is 2.33. The van der Waals surface area contributed by atoms with E-state index in [1.165, 1.54) is 6.07 Å². The molecule has 4 aromatic carbocycles. The molecule has 0 heterocycles. The smallest absolute Gasteiger partial charge is 0.330 e. The molecule has 13 nitrogen and oxygen atoms in total. The first-order valence-electron chi connectivity index (χ1n) is 16.7. The van der Waals surface area contributed by atoms with Crippen LogP contribution in [0.15, 0.2) is 135 Å². The summed E-state index contributed by atoms with van der Waals surface area (Å²) in [6.45, 7) is 10.0. The number of nitrogens with zero attached hydrogens (tertiary/aromatic N) is 6. The maximum atomic E-state index is 11.1. The summed E-state index contributed by atoms with van der Waals surface area (Å²) in [5.41, 5.74) is 4.21. The summed E-state index contributed by atoms with van der Waals surface area (Å²) in [5, 5.41) is 36.4. The number of hydrogen-bond acceptors (Lipinski definition) is 13. The Morgan fingerprint density at radius 3 is 1.68 bits per heavy atom. The van der Waals surface area contributed by atoms with Gasteiger partial charge in [0.2, 0.25) is 0 Å². The molecule has 1 N–H and O–H groups in total. The molecule has 0 aromatic heterocycles. The van der Waals surface area contributed by atoms with E-state index >= 15 is 0 Å². The van der Waals surface area contributed by atoms with Gasteiger partial charge in [-0.2, -0.15) is 25.6 Å². The number of benzene rings is 4. The van der Waals surface area contributed by atoms with Crippen LogP contribution in [0.2, 0.25) is 5.02 Å². The van der Waals surface area contributed by atoms with Gasteiger partial charge in [0.25, 0.3) is 0 Å². The van der Waals surface area contributed by atoms with Gasteiger partial charge in [-0.1, -0.05) is 24.8 Å². The van der Waals surface area contributed by atoms with E-state index in [1.54, 1.807) is 60.7 Å². The molecule has 0 unspecified atom stereocenters. The molecule has 0 bridgehead atoms. The largest absolute Gasteiger partial charge is 0.505 e. The number of carbonyl (C=O) groups is 2. The van der Waals surface area contributed by atoms with Crippen LogP contribution < -0.4 is 9.47 Å². The standard InChI is InChI=1S/C39H39ClN6O7/c1-4-38(48)52-22-8-6-20-50-32-16-18-35(36(47)26-32)46-42-29-12-10-28(11-13-29)41-45-34-17-14-30(24-27(34)3)43-44-31-15-19-37(33(40)25-31)51-21-7-9-23-53-39(49)5-2/h4-5,10-19,24-26,47H,1-2,6-9,20-23H2,3H3. The van der Waals surface area contributed by atoms with E-state index in [1.807, 2.05) is 19.1 Å². The van der Waals surface area contributed by atoms with Gasteiger partial charge in [0.1, 0.15) is 22.9 Å². The summed E-state index contributed by atoms with van der Waals surface area (Å²) >= 11 is 6.37. The van der Waals surface area contributed by atoms with Gasteiger partial charge in [0.15, 0.2) is 0 Å². The number of aromatic hydroxyl groups is 1. The number of rotatable bonds is 20. The van der Waals surface area contributed by atoms with Crippen LogP contribution in [0, 0.1) is 6.92 Å². The Labute approximate surface area is 312 Å². The molecule has 4 rings (SSSR count). The van der Waals surface area contributed by atoms with Crippen molar-refractivity contribution in [3.63, 3.8) is 0 Å². The quantitative estimate of drug-likeness (QED) is 0.0407. The van der Waals surface area contributed by atoms with Crippen molar-refractivity contribution >= 4 is 57.7 Å². The van der Waals surface area contributed by atoms with Crippen molar-refractivity contribution in [1.82, 2.24) is 0 Å². The van der Waals surface area contributed by atoms with E-state index in [9.17, 15) is 14.7 Å². The highest BCUT2D eigenvalue weighted by atomic mass is 35.5. The van der Waals surface area contributed by atoms with Crippen LogP contribution in [0.1, 0.15) is 31.2 Å². The third-order valence-electron chi connectivity index (χ3n) is 7.15. The minimum absolute atomic E-state index is 0.0702. The number of phenolic OH excluding ortho intramolecular Hbond substituents is 1. The van der Waals surface area contributed by atoms with Gasteiger partial charge in [-0.25, -0.2) is 9.59 Å². The highest BCUT2D eigenvalue weighted by molar-refractivity contribution is 6.32. The molecule has 0 aliphatic carbocycles. The molecule has 0 aliphatic rings. The molecule has 0 aliphatic heterocycles. The molecule has 4 aromatic rings. The lowest BCUT2D eigenvalue weighted by atomic mass is 10.2. The van der Waals surface area contributed by atoms with Gasteiger partial charge in [0, 0.05) is 18.2 Å². The normalized spacial score (nSPS) is 11.2. The maximum absolute atomic E-state index is 11.1. The van der Waals surface area contributed by atoms with Gasteiger partial charge in [-0.3, -0.25) is 0 Å². The topological polar surface area (TPSA) is 165 Å². The second-order valence-corrected chi connectivity index (χ2v) is 11.6. The Balaban J connectivity index is 1.23. The molecular formula is C39H39ClN6O7. The van der Waals surface area contributed by atoms with E-state index in [4.69, 9.17) is 30.5 Å². The Kier molecular flexibility index (Phi) is 15.8. The second kappa shape index (κ2) is 21.2. The summed E-state index contributed by atoms with van der Waals surface area (Å²) in [5.74, 6) is 0.0572. The van der Waals surface area contributed by atoms with Crippen molar-refractivity contribution in [3.8, 4) is 17.2 Å². The van der Waals surface area contributed by atoms with Crippen molar-refractivity contribution in [2.24, 2.45) is 30.7 Å². The Bertz CT molecular complexity index is 1960. The second-order valence-electron chi connectivity index (χ2n) is 11.2. The average molecular weight is 739 g/mol. The summed E-state index contributed by atoms with van der Waals surface area (Å²) in [6, 6.07) is 22.4. The third kappa shape index (κ3) is 13.8. The molecule has 0 atom stereocenters. The summed E-state index contributed by atoms with van der Waals surface area (Å²) < 4.78 is 21.2. The zero-order valence-electron chi connectivity index (χ0n) is 29.2. The summed E-state index contributed by atoms with van der Waals surface area (Å²) in [4.78, 5) is 22.1. The molecule has 0 fully saturated rings. The van der Waals surface area contributed by atoms with E-state index in [0.29, 0.717) is 97.1 Å². The molecule has 53 heavy (non-hydrogen) atoms. The maximum Gasteiger partial charge on any atom is 0.330 e. The third-order valence-corrected chi connectivity index (χ3v) is 7.44. The Morgan fingerprint density at radius 2 is 1.11 bits per heavy atom.